The number of fused-ring (bicyclic) bond motifs is 1. The van der Waals surface area contributed by atoms with Crippen molar-refractivity contribution >= 4 is 28.9 Å². The number of methoxy groups -OCH3 is 2. The molecule has 7 heteroatoms. The first-order chi connectivity index (χ1) is 9.97. The minimum absolute atomic E-state index is 0.0146. The van der Waals surface area contributed by atoms with Crippen LogP contribution in [0.2, 0.25) is 0 Å². The van der Waals surface area contributed by atoms with Crippen LogP contribution in [0.25, 0.3) is 17.0 Å². The van der Waals surface area contributed by atoms with Crippen molar-refractivity contribution in [2.75, 3.05) is 14.2 Å². The van der Waals surface area contributed by atoms with Gasteiger partial charge in [0.25, 0.3) is 0 Å². The monoisotopic (exact) mass is 292 g/mol. The standard InChI is InChI=1S/C14H13FN2O4/c1-17-7-9-11(16-17)6-10(15)8(4-5-12(18)20-2)13(9)14(19)21-3/h4-7H,1-3H3. The molecular weight excluding hydrogens is 279 g/mol. The molecule has 0 radical (unpaired) electrons. The van der Waals surface area contributed by atoms with Crippen molar-refractivity contribution in [2.24, 2.45) is 7.05 Å². The van der Waals surface area contributed by atoms with Crippen LogP contribution < -0.4 is 0 Å². The lowest BCUT2D eigenvalue weighted by Crippen LogP contribution is -2.06. The molecule has 0 aliphatic heterocycles. The van der Waals surface area contributed by atoms with Crippen LogP contribution >= 0.6 is 0 Å². The first kappa shape index (κ1) is 14.7. The summed E-state index contributed by atoms with van der Waals surface area (Å²) >= 11 is 0. The smallest absolute Gasteiger partial charge is 0.339 e. The quantitative estimate of drug-likeness (QED) is 0.636. The van der Waals surface area contributed by atoms with E-state index in [0.717, 1.165) is 6.08 Å². The Kier molecular flexibility index (Phi) is 4.02. The van der Waals surface area contributed by atoms with Gasteiger partial charge in [-0.3, -0.25) is 4.68 Å². The van der Waals surface area contributed by atoms with Gasteiger partial charge in [-0.1, -0.05) is 0 Å². The van der Waals surface area contributed by atoms with Crippen LogP contribution in [0.5, 0.6) is 0 Å². The van der Waals surface area contributed by atoms with Gasteiger partial charge in [0.15, 0.2) is 0 Å². The molecule has 1 aromatic heterocycles. The number of carbonyl (C=O) groups excluding carboxylic acids is 2. The second kappa shape index (κ2) is 5.74. The van der Waals surface area contributed by atoms with Gasteiger partial charge in [0.1, 0.15) is 5.82 Å². The number of hydrogen-bond acceptors (Lipinski definition) is 5. The molecule has 0 unspecified atom stereocenters. The summed E-state index contributed by atoms with van der Waals surface area (Å²) in [6, 6.07) is 1.19. The molecule has 0 amide bonds. The van der Waals surface area contributed by atoms with E-state index in [1.807, 2.05) is 0 Å². The van der Waals surface area contributed by atoms with Crippen molar-refractivity contribution in [3.8, 4) is 0 Å². The number of rotatable bonds is 3. The molecule has 0 aliphatic rings. The lowest BCUT2D eigenvalue weighted by atomic mass is 10.0. The van der Waals surface area contributed by atoms with Gasteiger partial charge >= 0.3 is 11.9 Å². The van der Waals surface area contributed by atoms with E-state index in [4.69, 9.17) is 0 Å². The molecule has 110 valence electrons. The fraction of sp³-hybridized carbons (Fsp3) is 0.214. The molecule has 2 aromatic rings. The van der Waals surface area contributed by atoms with Crippen molar-refractivity contribution in [3.05, 3.63) is 35.3 Å². The fourth-order valence-electron chi connectivity index (χ4n) is 1.97. The maximum absolute atomic E-state index is 14.2. The Morgan fingerprint density at radius 3 is 2.67 bits per heavy atom. The molecule has 0 fully saturated rings. The Hall–Kier alpha value is -2.70. The van der Waals surface area contributed by atoms with Crippen molar-refractivity contribution in [3.63, 3.8) is 0 Å². The number of aryl methyl sites for hydroxylation is 1. The van der Waals surface area contributed by atoms with Gasteiger partial charge in [0.2, 0.25) is 0 Å². The first-order valence-electron chi connectivity index (χ1n) is 5.98. The summed E-state index contributed by atoms with van der Waals surface area (Å²) in [6.45, 7) is 0. The van der Waals surface area contributed by atoms with E-state index < -0.39 is 17.8 Å². The molecule has 0 N–H and O–H groups in total. The van der Waals surface area contributed by atoms with Crippen molar-refractivity contribution in [1.82, 2.24) is 9.78 Å². The largest absolute Gasteiger partial charge is 0.466 e. The Morgan fingerprint density at radius 1 is 1.33 bits per heavy atom. The van der Waals surface area contributed by atoms with Gasteiger partial charge in [-0.25, -0.2) is 14.0 Å². The van der Waals surface area contributed by atoms with Gasteiger partial charge in [0.05, 0.1) is 25.3 Å². The highest BCUT2D eigenvalue weighted by Crippen LogP contribution is 2.26. The van der Waals surface area contributed by atoms with Crippen molar-refractivity contribution < 1.29 is 23.5 Å². The third-order valence-electron chi connectivity index (χ3n) is 2.89. The number of halogens is 1. The third kappa shape index (κ3) is 2.76. The molecule has 0 spiro atoms. The maximum Gasteiger partial charge on any atom is 0.339 e. The Balaban J connectivity index is 2.72. The van der Waals surface area contributed by atoms with E-state index in [-0.39, 0.29) is 11.1 Å². The highest BCUT2D eigenvalue weighted by molar-refractivity contribution is 6.07. The van der Waals surface area contributed by atoms with Crippen LogP contribution in [0.4, 0.5) is 4.39 Å². The number of nitrogens with zero attached hydrogens (tertiary/aromatic N) is 2. The third-order valence-corrected chi connectivity index (χ3v) is 2.89. The first-order valence-corrected chi connectivity index (χ1v) is 5.98. The SMILES string of the molecule is COC(=O)C=Cc1c(F)cc2nn(C)cc2c1C(=O)OC. The second-order valence-corrected chi connectivity index (χ2v) is 4.23. The number of esters is 2. The topological polar surface area (TPSA) is 70.4 Å². The summed E-state index contributed by atoms with van der Waals surface area (Å²) in [6.07, 6.45) is 3.80. The fourth-order valence-corrected chi connectivity index (χ4v) is 1.97. The molecule has 6 nitrogen and oxygen atoms in total. The lowest BCUT2D eigenvalue weighted by Gasteiger charge is -2.06. The second-order valence-electron chi connectivity index (χ2n) is 4.23. The zero-order valence-electron chi connectivity index (χ0n) is 11.7. The van der Waals surface area contributed by atoms with E-state index >= 15 is 0 Å². The lowest BCUT2D eigenvalue weighted by molar-refractivity contribution is -0.134. The number of hydrogen-bond donors (Lipinski definition) is 0. The molecular formula is C14H13FN2O4. The zero-order valence-corrected chi connectivity index (χ0v) is 11.7. The Morgan fingerprint density at radius 2 is 2.05 bits per heavy atom. The molecule has 1 heterocycles. The van der Waals surface area contributed by atoms with Crippen LogP contribution in [0.1, 0.15) is 15.9 Å². The molecule has 1 aromatic carbocycles. The zero-order chi connectivity index (χ0) is 15.6. The molecule has 2 rings (SSSR count). The van der Waals surface area contributed by atoms with Gasteiger partial charge in [-0.2, -0.15) is 5.10 Å². The summed E-state index contributed by atoms with van der Waals surface area (Å²) in [4.78, 5) is 23.1. The highest BCUT2D eigenvalue weighted by Gasteiger charge is 2.20. The molecule has 0 bridgehead atoms. The van der Waals surface area contributed by atoms with E-state index in [0.29, 0.717) is 10.9 Å². The van der Waals surface area contributed by atoms with Crippen LogP contribution in [-0.2, 0) is 21.3 Å². The van der Waals surface area contributed by atoms with Gasteiger partial charge in [-0.05, 0) is 6.08 Å². The van der Waals surface area contributed by atoms with E-state index in [9.17, 15) is 14.0 Å². The number of benzene rings is 1. The van der Waals surface area contributed by atoms with E-state index in [1.54, 1.807) is 13.2 Å². The molecule has 0 atom stereocenters. The molecule has 0 saturated heterocycles. The van der Waals surface area contributed by atoms with E-state index in [2.05, 4.69) is 14.6 Å². The average molecular weight is 292 g/mol. The highest BCUT2D eigenvalue weighted by atomic mass is 19.1. The van der Waals surface area contributed by atoms with Gasteiger partial charge in [0, 0.05) is 36.3 Å². The maximum atomic E-state index is 14.2. The number of ether oxygens (including phenoxy) is 2. The Labute approximate surface area is 119 Å². The van der Waals surface area contributed by atoms with Gasteiger partial charge < -0.3 is 9.47 Å². The van der Waals surface area contributed by atoms with Crippen molar-refractivity contribution in [1.29, 1.82) is 0 Å². The number of carbonyl (C=O) groups is 2. The minimum Gasteiger partial charge on any atom is -0.466 e. The van der Waals surface area contributed by atoms with E-state index in [1.165, 1.54) is 31.0 Å². The summed E-state index contributed by atoms with van der Waals surface area (Å²) < 4.78 is 24.8. The normalized spacial score (nSPS) is 11.0. The van der Waals surface area contributed by atoms with Crippen LogP contribution in [0.3, 0.4) is 0 Å². The summed E-state index contributed by atoms with van der Waals surface area (Å²) in [5.74, 6) is -2.05. The van der Waals surface area contributed by atoms with Gasteiger partial charge in [-0.15, -0.1) is 0 Å². The average Bonchev–Trinajstić information content (AvgIpc) is 2.82. The molecule has 0 saturated carbocycles. The molecule has 21 heavy (non-hydrogen) atoms. The minimum atomic E-state index is -0.711. The number of aromatic nitrogens is 2. The summed E-state index contributed by atoms with van der Waals surface area (Å²) in [5.41, 5.74) is 0.291. The van der Waals surface area contributed by atoms with Crippen LogP contribution in [-0.4, -0.2) is 35.9 Å². The summed E-state index contributed by atoms with van der Waals surface area (Å²) in [5, 5.41) is 4.50. The van der Waals surface area contributed by atoms with Crippen LogP contribution in [0, 0.1) is 5.82 Å². The Bertz CT molecular complexity index is 749. The predicted molar refractivity (Wildman–Crippen MR) is 73.1 cm³/mol. The summed E-state index contributed by atoms with van der Waals surface area (Å²) in [7, 11) is 4.06. The molecule has 0 aliphatic carbocycles. The van der Waals surface area contributed by atoms with Crippen molar-refractivity contribution in [2.45, 2.75) is 0 Å². The predicted octanol–water partition coefficient (Wildman–Crippen LogP) is 1.69. The van der Waals surface area contributed by atoms with Crippen LogP contribution in [0.15, 0.2) is 18.3 Å².